The molecular formula is C16H24F3N5O6S. The lowest BCUT2D eigenvalue weighted by atomic mass is 10.1. The van der Waals surface area contributed by atoms with E-state index < -0.39 is 33.5 Å². The Morgan fingerprint density at radius 1 is 1.32 bits per heavy atom. The van der Waals surface area contributed by atoms with E-state index in [0.717, 1.165) is 0 Å². The number of carbonyl (C=O) groups excluding carboxylic acids is 1. The highest BCUT2D eigenvalue weighted by molar-refractivity contribution is 7.89. The first kappa shape index (κ1) is 25.0. The number of hydrogen-bond donors (Lipinski definition) is 3. The van der Waals surface area contributed by atoms with Crippen LogP contribution in [0.3, 0.4) is 0 Å². The molecule has 1 atom stereocenters. The van der Waals surface area contributed by atoms with E-state index in [9.17, 15) is 26.4 Å². The molecule has 0 aliphatic carbocycles. The molecule has 0 bridgehead atoms. The molecule has 2 saturated heterocycles. The summed E-state index contributed by atoms with van der Waals surface area (Å²) in [6.07, 6.45) is -5.08. The molecule has 2 fully saturated rings. The van der Waals surface area contributed by atoms with Gasteiger partial charge in [-0.25, -0.2) is 13.2 Å². The minimum Gasteiger partial charge on any atom is -0.475 e. The lowest BCUT2D eigenvalue weighted by Gasteiger charge is -2.43. The van der Waals surface area contributed by atoms with Crippen LogP contribution < -0.4 is 10.6 Å². The van der Waals surface area contributed by atoms with Crippen molar-refractivity contribution in [3.63, 3.8) is 0 Å². The zero-order chi connectivity index (χ0) is 23.4. The highest BCUT2D eigenvalue weighted by Gasteiger charge is 2.44. The average Bonchev–Trinajstić information content (AvgIpc) is 3.05. The second kappa shape index (κ2) is 9.93. The van der Waals surface area contributed by atoms with Gasteiger partial charge in [-0.1, -0.05) is 5.16 Å². The molecule has 3 heterocycles. The third-order valence-corrected chi connectivity index (χ3v) is 7.00. The minimum atomic E-state index is -5.08. The Bertz CT molecular complexity index is 879. The van der Waals surface area contributed by atoms with Crippen molar-refractivity contribution in [3.05, 3.63) is 11.8 Å². The van der Waals surface area contributed by atoms with Crippen LogP contribution in [0, 0.1) is 6.92 Å². The second-order valence-electron chi connectivity index (χ2n) is 7.07. The maximum atomic E-state index is 12.5. The molecule has 0 aromatic carbocycles. The summed E-state index contributed by atoms with van der Waals surface area (Å²) in [5.41, 5.74) is 0.684. The van der Waals surface area contributed by atoms with Gasteiger partial charge in [-0.2, -0.15) is 17.5 Å². The first-order chi connectivity index (χ1) is 14.3. The number of nitrogens with zero attached hydrogens (tertiary/aromatic N) is 3. The number of carbonyl (C=O) groups is 2. The Morgan fingerprint density at radius 2 is 1.87 bits per heavy atom. The van der Waals surface area contributed by atoms with Crippen molar-refractivity contribution in [2.24, 2.45) is 0 Å². The summed E-state index contributed by atoms with van der Waals surface area (Å²) in [4.78, 5) is 23.0. The van der Waals surface area contributed by atoms with Gasteiger partial charge in [0.05, 0.1) is 11.7 Å². The van der Waals surface area contributed by atoms with Gasteiger partial charge < -0.3 is 14.9 Å². The first-order valence-corrected chi connectivity index (χ1v) is 10.8. The number of anilines is 1. The summed E-state index contributed by atoms with van der Waals surface area (Å²) < 4.78 is 63.3. The van der Waals surface area contributed by atoms with E-state index in [2.05, 4.69) is 15.8 Å². The maximum absolute atomic E-state index is 12.5. The van der Waals surface area contributed by atoms with Crippen LogP contribution in [0.4, 0.5) is 19.1 Å². The van der Waals surface area contributed by atoms with E-state index >= 15 is 0 Å². The van der Waals surface area contributed by atoms with Crippen molar-refractivity contribution in [2.75, 3.05) is 44.6 Å². The number of carboxylic acid groups (broad SMARTS) is 1. The summed E-state index contributed by atoms with van der Waals surface area (Å²) in [6, 6.07) is 1.21. The Labute approximate surface area is 176 Å². The van der Waals surface area contributed by atoms with Crippen molar-refractivity contribution in [1.29, 1.82) is 0 Å². The van der Waals surface area contributed by atoms with Crippen LogP contribution >= 0.6 is 0 Å². The average molecular weight is 471 g/mol. The van der Waals surface area contributed by atoms with Gasteiger partial charge in [0.25, 0.3) is 0 Å². The number of halogens is 3. The number of hydrogen-bond acceptors (Lipinski definition) is 8. The largest absolute Gasteiger partial charge is 0.490 e. The summed E-state index contributed by atoms with van der Waals surface area (Å²) in [5.74, 6) is -2.69. The third kappa shape index (κ3) is 6.62. The molecule has 11 nitrogen and oxygen atoms in total. The predicted molar refractivity (Wildman–Crippen MR) is 102 cm³/mol. The number of likely N-dealkylation sites (tertiary alicyclic amines) is 1. The van der Waals surface area contributed by atoms with Gasteiger partial charge in [-0.15, -0.1) is 0 Å². The normalized spacial score (nSPS) is 19.6. The number of rotatable bonds is 5. The van der Waals surface area contributed by atoms with Crippen LogP contribution in [-0.2, 0) is 19.6 Å². The molecule has 0 radical (unpaired) electrons. The number of amides is 1. The molecule has 1 aromatic heterocycles. The highest BCUT2D eigenvalue weighted by atomic mass is 32.2. The van der Waals surface area contributed by atoms with E-state index in [0.29, 0.717) is 50.8 Å². The van der Waals surface area contributed by atoms with Crippen LogP contribution in [0.15, 0.2) is 10.6 Å². The molecule has 1 aromatic rings. The zero-order valence-corrected chi connectivity index (χ0v) is 17.7. The monoisotopic (exact) mass is 471 g/mol. The van der Waals surface area contributed by atoms with Crippen LogP contribution in [0.2, 0.25) is 0 Å². The van der Waals surface area contributed by atoms with Gasteiger partial charge in [0.1, 0.15) is 5.25 Å². The number of nitrogens with one attached hydrogen (secondary N) is 2. The molecule has 0 spiro atoms. The van der Waals surface area contributed by atoms with E-state index in [4.69, 9.17) is 14.4 Å². The summed E-state index contributed by atoms with van der Waals surface area (Å²) in [6.45, 7) is 6.66. The first-order valence-electron chi connectivity index (χ1n) is 9.30. The van der Waals surface area contributed by atoms with Crippen LogP contribution in [0.5, 0.6) is 0 Å². The van der Waals surface area contributed by atoms with Gasteiger partial charge in [0, 0.05) is 45.3 Å². The van der Waals surface area contributed by atoms with Gasteiger partial charge in [-0.05, 0) is 13.8 Å². The molecule has 2 aliphatic rings. The van der Waals surface area contributed by atoms with Crippen molar-refractivity contribution in [2.45, 2.75) is 31.3 Å². The Kier molecular flexibility index (Phi) is 8.02. The molecule has 3 rings (SSSR count). The van der Waals surface area contributed by atoms with Gasteiger partial charge >= 0.3 is 12.1 Å². The lowest BCUT2D eigenvalue weighted by Crippen LogP contribution is -2.63. The van der Waals surface area contributed by atoms with Crippen molar-refractivity contribution in [1.82, 2.24) is 19.7 Å². The van der Waals surface area contributed by atoms with Crippen molar-refractivity contribution >= 4 is 27.8 Å². The van der Waals surface area contributed by atoms with Crippen molar-refractivity contribution in [3.8, 4) is 0 Å². The van der Waals surface area contributed by atoms with Gasteiger partial charge in [0.15, 0.2) is 0 Å². The smallest absolute Gasteiger partial charge is 0.475 e. The lowest BCUT2D eigenvalue weighted by molar-refractivity contribution is -0.192. The Balaban J connectivity index is 0.000000423. The number of piperazine rings is 1. The number of alkyl halides is 3. The molecule has 2 aliphatic heterocycles. The minimum absolute atomic E-state index is 0.232. The number of aromatic nitrogens is 1. The van der Waals surface area contributed by atoms with E-state index in [-0.39, 0.29) is 5.91 Å². The highest BCUT2D eigenvalue weighted by Crippen LogP contribution is 2.23. The summed E-state index contributed by atoms with van der Waals surface area (Å²) in [7, 11) is -3.28. The summed E-state index contributed by atoms with van der Waals surface area (Å²) in [5, 5.41) is 16.2. The fraction of sp³-hybridized carbons (Fsp3) is 0.688. The number of carboxylic acids is 1. The molecule has 1 amide bonds. The summed E-state index contributed by atoms with van der Waals surface area (Å²) >= 11 is 0. The maximum Gasteiger partial charge on any atom is 0.490 e. The standard InChI is InChI=1S/C14H23N5O4S.C2HF3O2/c1-10-7-13(23-17-10)16-14(20)11(2)18-8-12(9-18)24(21,22)19-5-3-15-4-6-19;3-2(4,5)1(6)7/h7,11-12,15H,3-6,8-9H2,1-2H3,(H,16,20);(H,6,7). The molecule has 31 heavy (non-hydrogen) atoms. The van der Waals surface area contributed by atoms with E-state index in [1.807, 2.05) is 4.90 Å². The van der Waals surface area contributed by atoms with Crippen LogP contribution in [0.1, 0.15) is 12.6 Å². The van der Waals surface area contributed by atoms with E-state index in [1.165, 1.54) is 0 Å². The molecule has 0 saturated carbocycles. The Morgan fingerprint density at radius 3 is 2.32 bits per heavy atom. The van der Waals surface area contributed by atoms with Crippen LogP contribution in [0.25, 0.3) is 0 Å². The third-order valence-electron chi connectivity index (χ3n) is 4.78. The predicted octanol–water partition coefficient (Wildman–Crippen LogP) is -0.137. The molecular weight excluding hydrogens is 447 g/mol. The number of aryl methyl sites for hydroxylation is 1. The van der Waals surface area contributed by atoms with Gasteiger partial charge in [0.2, 0.25) is 21.8 Å². The molecule has 1 unspecified atom stereocenters. The fourth-order valence-electron chi connectivity index (χ4n) is 2.90. The number of aliphatic carboxylic acids is 1. The quantitative estimate of drug-likeness (QED) is 0.534. The fourth-order valence-corrected chi connectivity index (χ4v) is 4.77. The zero-order valence-electron chi connectivity index (χ0n) is 16.8. The molecule has 15 heteroatoms. The van der Waals surface area contributed by atoms with Gasteiger partial charge in [-0.3, -0.25) is 15.0 Å². The topological polar surface area (TPSA) is 145 Å². The number of sulfonamides is 1. The molecule has 176 valence electrons. The SMILES string of the molecule is Cc1cc(NC(=O)C(C)N2CC(S(=O)(=O)N3CCNCC3)C2)on1.O=C(O)C(F)(F)F. The second-order valence-corrected chi connectivity index (χ2v) is 9.28. The van der Waals surface area contributed by atoms with Crippen molar-refractivity contribution < 1.29 is 40.8 Å². The Hall–Kier alpha value is -2.23. The van der Waals surface area contributed by atoms with Crippen LogP contribution in [-0.4, -0.2) is 96.5 Å². The van der Waals surface area contributed by atoms with E-state index in [1.54, 1.807) is 24.2 Å². The molecule has 3 N–H and O–H groups in total.